The molecule has 1 aliphatic carbocycles. The number of rotatable bonds is 5. The van der Waals surface area contributed by atoms with Gasteiger partial charge >= 0.3 is 0 Å². The third-order valence-corrected chi connectivity index (χ3v) is 14.2. The van der Waals surface area contributed by atoms with Crippen LogP contribution in [0.15, 0.2) is 185 Å². The van der Waals surface area contributed by atoms with Gasteiger partial charge in [0.2, 0.25) is 0 Å². The maximum absolute atomic E-state index is 6.46. The fraction of sp³-hybridized carbons (Fsp3) is 0.0526. The first-order valence-electron chi connectivity index (χ1n) is 20.7. The van der Waals surface area contributed by atoms with Crippen molar-refractivity contribution in [2.24, 2.45) is 0 Å². The molecule has 0 radical (unpaired) electrons. The zero-order valence-electron chi connectivity index (χ0n) is 33.4. The van der Waals surface area contributed by atoms with Crippen molar-refractivity contribution < 1.29 is 8.83 Å². The van der Waals surface area contributed by atoms with Gasteiger partial charge in [-0.15, -0.1) is 11.3 Å². The van der Waals surface area contributed by atoms with Gasteiger partial charge in [-0.2, -0.15) is 0 Å². The number of nitrogens with zero attached hydrogens (tertiary/aromatic N) is 1. The zero-order valence-corrected chi connectivity index (χ0v) is 34.2. The van der Waals surface area contributed by atoms with E-state index < -0.39 is 0 Å². The summed E-state index contributed by atoms with van der Waals surface area (Å²) in [6.45, 7) is 4.75. The van der Waals surface area contributed by atoms with Crippen LogP contribution in [0, 0.1) is 12.1 Å². The van der Waals surface area contributed by atoms with Gasteiger partial charge in [-0.3, -0.25) is 0 Å². The summed E-state index contributed by atoms with van der Waals surface area (Å²) in [5, 5.41) is 6.93. The van der Waals surface area contributed by atoms with Crippen LogP contribution in [0.5, 0.6) is 0 Å². The van der Waals surface area contributed by atoms with Crippen molar-refractivity contribution in [3.05, 3.63) is 199 Å². The third-order valence-electron chi connectivity index (χ3n) is 13.0. The highest BCUT2D eigenvalue weighted by Crippen LogP contribution is 2.55. The van der Waals surface area contributed by atoms with E-state index in [4.69, 9.17) is 8.83 Å². The Bertz CT molecular complexity index is 3580. The van der Waals surface area contributed by atoms with Crippen molar-refractivity contribution in [2.75, 3.05) is 4.90 Å². The molecule has 286 valence electrons. The van der Waals surface area contributed by atoms with Crippen LogP contribution >= 0.6 is 11.3 Å². The van der Waals surface area contributed by atoms with Gasteiger partial charge in [0, 0.05) is 75.5 Å². The van der Waals surface area contributed by atoms with E-state index in [9.17, 15) is 0 Å². The number of fused-ring (bicyclic) bond motifs is 13. The van der Waals surface area contributed by atoms with E-state index in [0.717, 1.165) is 83.2 Å². The van der Waals surface area contributed by atoms with Gasteiger partial charge in [-0.25, -0.2) is 0 Å². The Hall–Kier alpha value is -7.58. The number of anilines is 3. The number of hydrogen-bond donors (Lipinski definition) is 0. The second-order valence-corrected chi connectivity index (χ2v) is 17.7. The standard InChI is InChI=1S/C57H35NO2S/c1-57(2)48-32-31-46-43-13-5-8-20-52(43)61-56(46)53(48)47-30-29-38(33-49(47)57)58(36-25-21-34(22-26-36)39-14-9-16-44-41-11-3-6-18-50(41)59-54(39)44)37-27-23-35(24-28-37)40-15-10-17-45-42-12-4-7-19-51(42)60-55(40)45/h3,5-11,13-33H,1-2H3. The molecular formula is C57H35NO2S. The van der Waals surface area contributed by atoms with Crippen molar-refractivity contribution in [2.45, 2.75) is 19.3 Å². The molecule has 4 heteroatoms. The summed E-state index contributed by atoms with van der Waals surface area (Å²) in [6.07, 6.45) is 0. The van der Waals surface area contributed by atoms with Crippen LogP contribution in [-0.4, -0.2) is 0 Å². The van der Waals surface area contributed by atoms with E-state index in [0.29, 0.717) is 0 Å². The number of benzene rings is 8. The van der Waals surface area contributed by atoms with Crippen molar-refractivity contribution >= 4 is 92.4 Å². The smallest absolute Gasteiger partial charge is 0.144 e. The van der Waals surface area contributed by atoms with E-state index in [-0.39, 0.29) is 5.41 Å². The third kappa shape index (κ3) is 4.99. The molecule has 0 N–H and O–H groups in total. The Balaban J connectivity index is 0.956. The summed E-state index contributed by atoms with van der Waals surface area (Å²) in [5.41, 5.74) is 16.3. The predicted molar refractivity (Wildman–Crippen MR) is 255 cm³/mol. The fourth-order valence-corrected chi connectivity index (χ4v) is 11.2. The molecule has 12 aromatic rings. The van der Waals surface area contributed by atoms with Gasteiger partial charge in [-0.1, -0.05) is 135 Å². The first-order chi connectivity index (χ1) is 30.0. The molecule has 1 aliphatic rings. The first kappa shape index (κ1) is 34.3. The largest absolute Gasteiger partial charge is 0.455 e. The minimum absolute atomic E-state index is 0.184. The summed E-state index contributed by atoms with van der Waals surface area (Å²) < 4.78 is 15.6. The van der Waals surface area contributed by atoms with E-state index >= 15 is 0 Å². The first-order valence-corrected chi connectivity index (χ1v) is 21.6. The summed E-state index contributed by atoms with van der Waals surface area (Å²) in [4.78, 5) is 2.39. The van der Waals surface area contributed by atoms with Crippen LogP contribution in [-0.2, 0) is 5.41 Å². The monoisotopic (exact) mass is 797 g/mol. The minimum atomic E-state index is -0.184. The number of para-hydroxylation sites is 3. The molecule has 0 bridgehead atoms. The quantitative estimate of drug-likeness (QED) is 0.174. The van der Waals surface area contributed by atoms with E-state index in [1.54, 1.807) is 0 Å². The lowest BCUT2D eigenvalue weighted by Crippen LogP contribution is -2.16. The lowest BCUT2D eigenvalue weighted by Gasteiger charge is -2.28. The SMILES string of the molecule is CC1(C)c2cc(N(c3ccc(-c4cccc5c4oc4ccc#cc45)cc3)c3ccc(-c4cccc5c4oc4ccccc45)cc3)ccc2-c2c1ccc1c2sc2ccccc21. The average Bonchev–Trinajstić information content (AvgIpc) is 4.05. The summed E-state index contributed by atoms with van der Waals surface area (Å²) in [7, 11) is 0. The fourth-order valence-electron chi connectivity index (χ4n) is 9.97. The maximum atomic E-state index is 6.46. The molecule has 0 unspecified atom stereocenters. The Kier molecular flexibility index (Phi) is 7.15. The molecule has 0 atom stereocenters. The van der Waals surface area contributed by atoms with Gasteiger partial charge in [0.1, 0.15) is 22.3 Å². The highest BCUT2D eigenvalue weighted by atomic mass is 32.1. The molecular weight excluding hydrogens is 763 g/mol. The van der Waals surface area contributed by atoms with E-state index in [2.05, 4.69) is 183 Å². The second kappa shape index (κ2) is 12.7. The molecule has 0 aliphatic heterocycles. The van der Waals surface area contributed by atoms with Gasteiger partial charge in [-0.05, 0) is 94.5 Å². The number of furan rings is 2. The Labute approximate surface area is 356 Å². The van der Waals surface area contributed by atoms with Crippen LogP contribution in [0.4, 0.5) is 17.1 Å². The Morgan fingerprint density at radius 3 is 1.90 bits per heavy atom. The van der Waals surface area contributed by atoms with Gasteiger partial charge < -0.3 is 13.7 Å². The van der Waals surface area contributed by atoms with Gasteiger partial charge in [0.15, 0.2) is 0 Å². The van der Waals surface area contributed by atoms with Crippen LogP contribution in [0.2, 0.25) is 0 Å². The zero-order chi connectivity index (χ0) is 40.4. The number of hydrogen-bond acceptors (Lipinski definition) is 4. The van der Waals surface area contributed by atoms with E-state index in [1.165, 1.54) is 42.4 Å². The normalized spacial score (nSPS) is 13.1. The predicted octanol–water partition coefficient (Wildman–Crippen LogP) is 16.6. The maximum Gasteiger partial charge on any atom is 0.144 e. The summed E-state index contributed by atoms with van der Waals surface area (Å²) >= 11 is 1.91. The van der Waals surface area contributed by atoms with Crippen LogP contribution in [0.3, 0.4) is 0 Å². The van der Waals surface area contributed by atoms with Crippen LogP contribution in [0.25, 0.3) is 97.4 Å². The molecule has 0 fully saturated rings. The topological polar surface area (TPSA) is 29.5 Å². The van der Waals surface area contributed by atoms with Crippen molar-refractivity contribution in [1.29, 1.82) is 0 Å². The molecule has 0 saturated heterocycles. The molecule has 3 aromatic heterocycles. The van der Waals surface area contributed by atoms with Gasteiger partial charge in [0.25, 0.3) is 0 Å². The molecule has 61 heavy (non-hydrogen) atoms. The lowest BCUT2D eigenvalue weighted by molar-refractivity contribution is 0.661. The van der Waals surface area contributed by atoms with E-state index in [1.807, 2.05) is 35.6 Å². The average molecular weight is 798 g/mol. The van der Waals surface area contributed by atoms with Crippen LogP contribution in [0.1, 0.15) is 25.0 Å². The second-order valence-electron chi connectivity index (χ2n) is 16.7. The van der Waals surface area contributed by atoms with Crippen molar-refractivity contribution in [3.8, 4) is 33.4 Å². The molecule has 3 heterocycles. The van der Waals surface area contributed by atoms with Crippen molar-refractivity contribution in [1.82, 2.24) is 0 Å². The molecule has 13 rings (SSSR count). The van der Waals surface area contributed by atoms with Gasteiger partial charge in [0.05, 0.1) is 5.39 Å². The molecule has 0 spiro atoms. The van der Waals surface area contributed by atoms with Crippen LogP contribution < -0.4 is 4.90 Å². The lowest BCUT2D eigenvalue weighted by atomic mass is 9.82. The summed E-state index contributed by atoms with van der Waals surface area (Å²) in [5.74, 6) is 0. The number of thiophene rings is 1. The Morgan fingerprint density at radius 1 is 0.492 bits per heavy atom. The highest BCUT2D eigenvalue weighted by molar-refractivity contribution is 7.26. The molecule has 0 saturated carbocycles. The Morgan fingerprint density at radius 2 is 1.13 bits per heavy atom. The summed E-state index contributed by atoms with van der Waals surface area (Å²) in [6, 6.07) is 69.6. The molecule has 0 amide bonds. The van der Waals surface area contributed by atoms with Crippen molar-refractivity contribution in [3.63, 3.8) is 0 Å². The highest BCUT2D eigenvalue weighted by Gasteiger charge is 2.38. The molecule has 9 aromatic carbocycles. The molecule has 3 nitrogen and oxygen atoms in total. The minimum Gasteiger partial charge on any atom is -0.455 e.